The van der Waals surface area contributed by atoms with Crippen molar-refractivity contribution in [1.82, 2.24) is 24.6 Å². The van der Waals surface area contributed by atoms with Crippen LogP contribution in [0.4, 0.5) is 0 Å². The molecular formula is C33H38N6O4. The maximum atomic E-state index is 14.5. The Morgan fingerprint density at radius 3 is 2.53 bits per heavy atom. The highest BCUT2D eigenvalue weighted by molar-refractivity contribution is 6.16. The number of nitrogens with one attached hydrogen (secondary N) is 1. The Balaban J connectivity index is 1.43. The molecule has 1 amide bonds. The second kappa shape index (κ2) is 12.6. The van der Waals surface area contributed by atoms with Gasteiger partial charge in [-0.25, -0.2) is 9.94 Å². The van der Waals surface area contributed by atoms with Gasteiger partial charge >= 0.3 is 0 Å². The average Bonchev–Trinajstić information content (AvgIpc) is 3.64. The number of hydrazone groups is 1. The molecule has 10 nitrogen and oxygen atoms in total. The number of ether oxygens (including phenoxy) is 1. The number of aliphatic hydroxyl groups excluding tert-OH is 1. The molecule has 1 saturated carbocycles. The van der Waals surface area contributed by atoms with Gasteiger partial charge in [-0.3, -0.25) is 14.2 Å². The van der Waals surface area contributed by atoms with Crippen molar-refractivity contribution in [1.29, 1.82) is 0 Å². The van der Waals surface area contributed by atoms with Crippen molar-refractivity contribution in [3.05, 3.63) is 87.1 Å². The zero-order valence-corrected chi connectivity index (χ0v) is 24.8. The second-order valence-corrected chi connectivity index (χ2v) is 11.4. The summed E-state index contributed by atoms with van der Waals surface area (Å²) >= 11 is 0. The first kappa shape index (κ1) is 28.9. The van der Waals surface area contributed by atoms with Gasteiger partial charge in [0.2, 0.25) is 11.7 Å². The van der Waals surface area contributed by atoms with Crippen LogP contribution in [0.3, 0.4) is 0 Å². The van der Waals surface area contributed by atoms with Gasteiger partial charge in [0.05, 0.1) is 37.1 Å². The normalized spacial score (nSPS) is 18.7. The van der Waals surface area contributed by atoms with Crippen molar-refractivity contribution in [2.24, 2.45) is 5.10 Å². The first-order chi connectivity index (χ1) is 21.0. The lowest BCUT2D eigenvalue weighted by Crippen LogP contribution is -2.35. The van der Waals surface area contributed by atoms with Gasteiger partial charge in [0.25, 0.3) is 5.56 Å². The van der Waals surface area contributed by atoms with Crippen LogP contribution in [0.15, 0.2) is 58.4 Å². The summed E-state index contributed by atoms with van der Waals surface area (Å²) in [4.78, 5) is 31.3. The first-order valence-electron chi connectivity index (χ1n) is 15.2. The largest absolute Gasteiger partial charge is 0.394 e. The molecule has 0 radical (unpaired) electrons. The number of hydrogen-bond acceptors (Lipinski definition) is 7. The molecule has 0 unspecified atom stereocenters. The monoisotopic (exact) mass is 582 g/mol. The molecule has 10 heteroatoms. The van der Waals surface area contributed by atoms with Crippen LogP contribution >= 0.6 is 0 Å². The Hall–Kier alpha value is -4.15. The van der Waals surface area contributed by atoms with Crippen LogP contribution in [0.25, 0.3) is 16.9 Å². The zero-order valence-electron chi connectivity index (χ0n) is 24.8. The number of fused-ring (bicyclic) bond motifs is 1. The Bertz CT molecular complexity index is 1720. The highest BCUT2D eigenvalue weighted by Crippen LogP contribution is 2.32. The molecule has 2 N–H and O–H groups in total. The van der Waals surface area contributed by atoms with E-state index in [-0.39, 0.29) is 36.6 Å². The third-order valence-corrected chi connectivity index (χ3v) is 8.44. The molecule has 2 aliphatic rings. The number of carbonyl (C=O) groups is 1. The number of aryl methyl sites for hydroxylation is 2. The minimum atomic E-state index is -0.129. The van der Waals surface area contributed by atoms with Crippen LogP contribution in [0.5, 0.6) is 0 Å². The van der Waals surface area contributed by atoms with Crippen molar-refractivity contribution in [3.63, 3.8) is 0 Å². The molecule has 0 atom stereocenters. The molecule has 2 aromatic carbocycles. The average molecular weight is 583 g/mol. The molecular weight excluding hydrogens is 544 g/mol. The van der Waals surface area contributed by atoms with Crippen molar-refractivity contribution in [3.8, 4) is 11.1 Å². The fraction of sp³-hybridized carbons (Fsp3) is 0.424. The Labute approximate surface area is 250 Å². The predicted octanol–water partition coefficient (Wildman–Crippen LogP) is 4.13. The standard InChI is InChI=1S/C33H38N6O4/c1-3-7-30-28(19-22-10-15-26(23-8-5-4-6-9-23)27(18-22)29-20-31(41)36-35-29)32(42)38(33-34-21(2)37-39(30)33)24-11-13-25(14-12-24)43-17-16-40/h4-6,8-10,15,18,24-25,40H,3,7,11-14,16-17,19-20H2,1-2H3,(H,36,41). The van der Waals surface area contributed by atoms with Crippen molar-refractivity contribution < 1.29 is 14.6 Å². The second-order valence-electron chi connectivity index (χ2n) is 11.4. The van der Waals surface area contributed by atoms with E-state index >= 15 is 0 Å². The third-order valence-electron chi connectivity index (χ3n) is 8.44. The van der Waals surface area contributed by atoms with Gasteiger partial charge in [-0.05, 0) is 61.8 Å². The van der Waals surface area contributed by atoms with Crippen molar-refractivity contribution >= 4 is 17.4 Å². The smallest absolute Gasteiger partial charge is 0.259 e. The number of amides is 1. The van der Waals surface area contributed by atoms with E-state index < -0.39 is 0 Å². The van der Waals surface area contributed by atoms with Crippen molar-refractivity contribution in [2.45, 2.75) is 77.4 Å². The number of hydrogen-bond donors (Lipinski definition) is 2. The fourth-order valence-electron chi connectivity index (χ4n) is 6.45. The number of rotatable bonds is 10. The fourth-order valence-corrected chi connectivity index (χ4v) is 6.45. The third kappa shape index (κ3) is 5.89. The Morgan fingerprint density at radius 2 is 1.84 bits per heavy atom. The van der Waals surface area contributed by atoms with Crippen LogP contribution in [-0.2, 0) is 22.4 Å². The summed E-state index contributed by atoms with van der Waals surface area (Å²) in [7, 11) is 0. The minimum Gasteiger partial charge on any atom is -0.394 e. The molecule has 3 heterocycles. The SMILES string of the molecule is CCCc1c(Cc2ccc(-c3ccccc3)c(C3=NNC(=O)C3)c2)c(=O)n(C2CCC(OCCO)CC2)c2nc(C)nn12. The first-order valence-corrected chi connectivity index (χ1v) is 15.2. The van der Waals surface area contributed by atoms with E-state index in [0.717, 1.165) is 65.6 Å². The lowest BCUT2D eigenvalue weighted by molar-refractivity contribution is -0.119. The molecule has 0 bridgehead atoms. The number of carbonyl (C=O) groups excluding carboxylic acids is 1. The van der Waals surface area contributed by atoms with E-state index in [1.807, 2.05) is 46.3 Å². The molecule has 6 rings (SSSR count). The molecule has 1 aliphatic heterocycles. The summed E-state index contributed by atoms with van der Waals surface area (Å²) < 4.78 is 9.53. The van der Waals surface area contributed by atoms with Crippen LogP contribution in [0.2, 0.25) is 0 Å². The summed E-state index contributed by atoms with van der Waals surface area (Å²) in [6.07, 6.45) is 5.52. The summed E-state index contributed by atoms with van der Waals surface area (Å²) in [6, 6.07) is 16.3. The lowest BCUT2D eigenvalue weighted by atomic mass is 9.91. The Morgan fingerprint density at radius 1 is 1.05 bits per heavy atom. The van der Waals surface area contributed by atoms with Gasteiger partial charge in [0.1, 0.15) is 5.82 Å². The highest BCUT2D eigenvalue weighted by atomic mass is 16.5. The topological polar surface area (TPSA) is 123 Å². The van der Waals surface area contributed by atoms with E-state index in [0.29, 0.717) is 36.8 Å². The number of aromatic nitrogens is 4. The van der Waals surface area contributed by atoms with Crippen molar-refractivity contribution in [2.75, 3.05) is 13.2 Å². The van der Waals surface area contributed by atoms with Gasteiger partial charge in [-0.15, -0.1) is 0 Å². The number of nitrogens with zero attached hydrogens (tertiary/aromatic N) is 5. The molecule has 224 valence electrons. The molecule has 0 spiro atoms. The van der Waals surface area contributed by atoms with Gasteiger partial charge in [-0.1, -0.05) is 55.8 Å². The van der Waals surface area contributed by atoms with Crippen LogP contribution in [-0.4, -0.2) is 55.2 Å². The molecule has 0 saturated heterocycles. The lowest BCUT2D eigenvalue weighted by Gasteiger charge is -2.30. The summed E-state index contributed by atoms with van der Waals surface area (Å²) in [5.74, 6) is 1.10. The predicted molar refractivity (Wildman–Crippen MR) is 164 cm³/mol. The van der Waals surface area contributed by atoms with Gasteiger partial charge in [0, 0.05) is 23.6 Å². The summed E-state index contributed by atoms with van der Waals surface area (Å²) in [5, 5.41) is 18.2. The minimum absolute atomic E-state index is 0.00941. The molecule has 1 aliphatic carbocycles. The van der Waals surface area contributed by atoms with Crippen LogP contribution in [0.1, 0.15) is 79.7 Å². The maximum Gasteiger partial charge on any atom is 0.259 e. The van der Waals surface area contributed by atoms with E-state index in [4.69, 9.17) is 19.9 Å². The molecule has 43 heavy (non-hydrogen) atoms. The van der Waals surface area contributed by atoms with Gasteiger partial charge < -0.3 is 9.84 Å². The van der Waals surface area contributed by atoms with E-state index in [1.54, 1.807) is 0 Å². The number of benzene rings is 2. The van der Waals surface area contributed by atoms with E-state index in [1.165, 1.54) is 0 Å². The van der Waals surface area contributed by atoms with Crippen LogP contribution in [0, 0.1) is 6.92 Å². The van der Waals surface area contributed by atoms with Crippen LogP contribution < -0.4 is 11.0 Å². The quantitative estimate of drug-likeness (QED) is 0.290. The summed E-state index contributed by atoms with van der Waals surface area (Å²) in [6.45, 7) is 4.31. The maximum absolute atomic E-state index is 14.5. The molecule has 1 fully saturated rings. The van der Waals surface area contributed by atoms with E-state index in [2.05, 4.69) is 35.7 Å². The summed E-state index contributed by atoms with van der Waals surface area (Å²) in [5.41, 5.74) is 8.76. The number of aliphatic hydroxyl groups is 1. The molecule has 4 aromatic rings. The van der Waals surface area contributed by atoms with E-state index in [9.17, 15) is 9.59 Å². The zero-order chi connectivity index (χ0) is 29.9. The molecule has 2 aromatic heterocycles. The van der Waals surface area contributed by atoms with Gasteiger partial charge in [0.15, 0.2) is 0 Å². The Kier molecular flexibility index (Phi) is 8.49. The van der Waals surface area contributed by atoms with Gasteiger partial charge in [-0.2, -0.15) is 15.2 Å². The highest BCUT2D eigenvalue weighted by Gasteiger charge is 2.29.